The summed E-state index contributed by atoms with van der Waals surface area (Å²) in [7, 11) is 1.59. The van der Waals surface area contributed by atoms with Crippen molar-refractivity contribution in [2.75, 3.05) is 7.11 Å². The Labute approximate surface area is 107 Å². The molecule has 2 rings (SSSR count). The van der Waals surface area contributed by atoms with Gasteiger partial charge in [-0.1, -0.05) is 30.3 Å². The Bertz CT molecular complexity index is 450. The molecule has 0 saturated heterocycles. The quantitative estimate of drug-likeness (QED) is 0.766. The van der Waals surface area contributed by atoms with Gasteiger partial charge in [0.25, 0.3) is 0 Å². The maximum absolute atomic E-state index is 11.5. The van der Waals surface area contributed by atoms with Crippen molar-refractivity contribution in [2.45, 2.75) is 31.8 Å². The van der Waals surface area contributed by atoms with E-state index in [-0.39, 0.29) is 5.97 Å². The highest BCUT2D eigenvalue weighted by molar-refractivity contribution is 5.83. The first-order chi connectivity index (χ1) is 8.61. The molecule has 0 bridgehead atoms. The number of aryl methyl sites for hydroxylation is 1. The molecule has 1 aromatic rings. The molecule has 1 unspecified atom stereocenters. The lowest BCUT2D eigenvalue weighted by Crippen LogP contribution is -2.36. The predicted octanol–water partition coefficient (Wildman–Crippen LogP) is 2.86. The molecule has 1 heterocycles. The molecule has 18 heavy (non-hydrogen) atoms. The Morgan fingerprint density at radius 1 is 1.33 bits per heavy atom. The van der Waals surface area contributed by atoms with Gasteiger partial charge in [0, 0.05) is 6.42 Å². The van der Waals surface area contributed by atoms with Gasteiger partial charge in [0.05, 0.1) is 13.2 Å². The van der Waals surface area contributed by atoms with Crippen molar-refractivity contribution < 1.29 is 14.3 Å². The van der Waals surface area contributed by atoms with E-state index in [4.69, 9.17) is 9.47 Å². The summed E-state index contributed by atoms with van der Waals surface area (Å²) in [4.78, 5) is 11.5. The van der Waals surface area contributed by atoms with E-state index in [0.29, 0.717) is 12.2 Å². The van der Waals surface area contributed by atoms with E-state index >= 15 is 0 Å². The fraction of sp³-hybridized carbons (Fsp3) is 0.400. The minimum absolute atomic E-state index is 0.311. The second-order valence-electron chi connectivity index (χ2n) is 4.85. The van der Waals surface area contributed by atoms with Crippen LogP contribution >= 0.6 is 0 Å². The van der Waals surface area contributed by atoms with Crippen LogP contribution in [0.2, 0.25) is 0 Å². The van der Waals surface area contributed by atoms with Gasteiger partial charge in [0.15, 0.2) is 0 Å². The fourth-order valence-electron chi connectivity index (χ4n) is 2.18. The second-order valence-corrected chi connectivity index (χ2v) is 4.85. The third-order valence-electron chi connectivity index (χ3n) is 3.22. The van der Waals surface area contributed by atoms with Gasteiger partial charge >= 0.3 is 5.97 Å². The van der Waals surface area contributed by atoms with Crippen LogP contribution in [0.5, 0.6) is 0 Å². The first kappa shape index (κ1) is 12.7. The van der Waals surface area contributed by atoms with Crippen LogP contribution in [0.25, 0.3) is 0 Å². The smallest absolute Gasteiger partial charge is 0.334 e. The second kappa shape index (κ2) is 5.25. The SMILES string of the molecule is COC1=CC(=O)OC(C)(CCc2ccccc2)C1. The van der Waals surface area contributed by atoms with Gasteiger partial charge in [0.1, 0.15) is 11.4 Å². The number of benzene rings is 1. The highest BCUT2D eigenvalue weighted by atomic mass is 16.6. The summed E-state index contributed by atoms with van der Waals surface area (Å²) in [5, 5.41) is 0. The van der Waals surface area contributed by atoms with E-state index in [1.165, 1.54) is 11.6 Å². The number of hydrogen-bond donors (Lipinski definition) is 0. The topological polar surface area (TPSA) is 35.5 Å². The van der Waals surface area contributed by atoms with Gasteiger partial charge in [-0.25, -0.2) is 4.79 Å². The lowest BCUT2D eigenvalue weighted by Gasteiger charge is -2.32. The van der Waals surface area contributed by atoms with Gasteiger partial charge < -0.3 is 9.47 Å². The molecule has 1 aromatic carbocycles. The van der Waals surface area contributed by atoms with Crippen LogP contribution in [0.3, 0.4) is 0 Å². The van der Waals surface area contributed by atoms with Crippen molar-refractivity contribution in [3.63, 3.8) is 0 Å². The van der Waals surface area contributed by atoms with Crippen molar-refractivity contribution in [2.24, 2.45) is 0 Å². The van der Waals surface area contributed by atoms with Crippen molar-refractivity contribution in [1.29, 1.82) is 0 Å². The third kappa shape index (κ3) is 3.13. The van der Waals surface area contributed by atoms with Gasteiger partial charge in [-0.2, -0.15) is 0 Å². The van der Waals surface area contributed by atoms with Crippen LogP contribution in [0.1, 0.15) is 25.3 Å². The lowest BCUT2D eigenvalue weighted by molar-refractivity contribution is -0.155. The number of rotatable bonds is 4. The monoisotopic (exact) mass is 246 g/mol. The number of cyclic esters (lactones) is 1. The summed E-state index contributed by atoms with van der Waals surface area (Å²) in [6, 6.07) is 10.2. The number of hydrogen-bond acceptors (Lipinski definition) is 3. The summed E-state index contributed by atoms with van der Waals surface area (Å²) in [6.07, 6.45) is 3.75. The minimum Gasteiger partial charge on any atom is -0.501 e. The summed E-state index contributed by atoms with van der Waals surface area (Å²) in [6.45, 7) is 1.96. The number of carbonyl (C=O) groups excluding carboxylic acids is 1. The van der Waals surface area contributed by atoms with E-state index in [0.717, 1.165) is 12.8 Å². The molecule has 1 aliphatic heterocycles. The van der Waals surface area contributed by atoms with Crippen LogP contribution in [0, 0.1) is 0 Å². The molecular weight excluding hydrogens is 228 g/mol. The molecule has 1 aliphatic rings. The Kier molecular flexibility index (Phi) is 3.70. The Morgan fingerprint density at radius 2 is 2.06 bits per heavy atom. The fourth-order valence-corrected chi connectivity index (χ4v) is 2.18. The summed E-state index contributed by atoms with van der Waals surface area (Å²) >= 11 is 0. The zero-order chi connectivity index (χ0) is 13.0. The molecule has 0 aromatic heterocycles. The standard InChI is InChI=1S/C15H18O3/c1-15(9-8-12-6-4-3-5-7-12)11-13(17-2)10-14(16)18-15/h3-7,10H,8-9,11H2,1-2H3. The average molecular weight is 246 g/mol. The molecule has 0 aliphatic carbocycles. The molecule has 0 amide bonds. The van der Waals surface area contributed by atoms with Crippen molar-refractivity contribution in [3.8, 4) is 0 Å². The molecule has 0 radical (unpaired) electrons. The number of carbonyl (C=O) groups is 1. The maximum Gasteiger partial charge on any atom is 0.334 e. The molecule has 3 nitrogen and oxygen atoms in total. The Balaban J connectivity index is 2.00. The highest BCUT2D eigenvalue weighted by Crippen LogP contribution is 2.30. The van der Waals surface area contributed by atoms with Crippen LogP contribution in [-0.4, -0.2) is 18.7 Å². The molecule has 1 atom stereocenters. The maximum atomic E-state index is 11.5. The number of esters is 1. The van der Waals surface area contributed by atoms with Crippen LogP contribution < -0.4 is 0 Å². The lowest BCUT2D eigenvalue weighted by atomic mass is 9.91. The van der Waals surface area contributed by atoms with Gasteiger partial charge in [0.2, 0.25) is 0 Å². The largest absolute Gasteiger partial charge is 0.501 e. The summed E-state index contributed by atoms with van der Waals surface area (Å²) < 4.78 is 10.6. The van der Waals surface area contributed by atoms with Crippen molar-refractivity contribution >= 4 is 5.97 Å². The molecule has 3 heteroatoms. The Morgan fingerprint density at radius 3 is 2.72 bits per heavy atom. The van der Waals surface area contributed by atoms with Crippen LogP contribution in [0.15, 0.2) is 42.2 Å². The van der Waals surface area contributed by atoms with Crippen LogP contribution in [0.4, 0.5) is 0 Å². The number of methoxy groups -OCH3 is 1. The van der Waals surface area contributed by atoms with Crippen molar-refractivity contribution in [3.05, 3.63) is 47.7 Å². The average Bonchev–Trinajstić information content (AvgIpc) is 2.37. The number of ether oxygens (including phenoxy) is 2. The van der Waals surface area contributed by atoms with Gasteiger partial charge in [-0.05, 0) is 25.3 Å². The molecule has 0 N–H and O–H groups in total. The summed E-state index contributed by atoms with van der Waals surface area (Å²) in [5.41, 5.74) is 0.788. The van der Waals surface area contributed by atoms with Crippen LogP contribution in [-0.2, 0) is 20.7 Å². The normalized spacial score (nSPS) is 23.2. The van der Waals surface area contributed by atoms with E-state index in [1.54, 1.807) is 7.11 Å². The van der Waals surface area contributed by atoms with E-state index < -0.39 is 5.60 Å². The van der Waals surface area contributed by atoms with E-state index in [1.807, 2.05) is 25.1 Å². The molecular formula is C15H18O3. The van der Waals surface area contributed by atoms with Crippen molar-refractivity contribution in [1.82, 2.24) is 0 Å². The van der Waals surface area contributed by atoms with E-state index in [9.17, 15) is 4.79 Å². The zero-order valence-electron chi connectivity index (χ0n) is 10.8. The Hall–Kier alpha value is -1.77. The molecule has 96 valence electrons. The van der Waals surface area contributed by atoms with Gasteiger partial charge in [-0.3, -0.25) is 0 Å². The van der Waals surface area contributed by atoms with Gasteiger partial charge in [-0.15, -0.1) is 0 Å². The first-order valence-electron chi connectivity index (χ1n) is 6.13. The minimum atomic E-state index is -0.465. The third-order valence-corrected chi connectivity index (χ3v) is 3.22. The first-order valence-corrected chi connectivity index (χ1v) is 6.13. The highest BCUT2D eigenvalue weighted by Gasteiger charge is 2.33. The van der Waals surface area contributed by atoms with E-state index in [2.05, 4.69) is 12.1 Å². The molecule has 0 fully saturated rings. The summed E-state index contributed by atoms with van der Waals surface area (Å²) in [5.74, 6) is 0.385. The predicted molar refractivity (Wildman–Crippen MR) is 69.0 cm³/mol. The zero-order valence-corrected chi connectivity index (χ0v) is 10.8. The molecule has 0 spiro atoms. The molecule has 0 saturated carbocycles.